The summed E-state index contributed by atoms with van der Waals surface area (Å²) in [6.45, 7) is 2.10. The molecule has 0 unspecified atom stereocenters. The molecule has 2 aromatic rings. The fourth-order valence-corrected chi connectivity index (χ4v) is 3.09. The van der Waals surface area contributed by atoms with E-state index in [9.17, 15) is 4.79 Å². The van der Waals surface area contributed by atoms with Gasteiger partial charge in [-0.25, -0.2) is 0 Å². The smallest absolute Gasteiger partial charge is 0.262 e. The van der Waals surface area contributed by atoms with Crippen LogP contribution in [0, 0.1) is 11.3 Å². The van der Waals surface area contributed by atoms with Crippen molar-refractivity contribution in [1.29, 1.82) is 5.26 Å². The van der Waals surface area contributed by atoms with Gasteiger partial charge in [0.05, 0.1) is 11.6 Å². The molecular weight excluding hydrogens is 326 g/mol. The van der Waals surface area contributed by atoms with Crippen LogP contribution in [-0.2, 0) is 4.79 Å². The van der Waals surface area contributed by atoms with Crippen molar-refractivity contribution < 1.29 is 9.53 Å². The van der Waals surface area contributed by atoms with Crippen LogP contribution in [0.4, 0.5) is 11.4 Å². The highest BCUT2D eigenvalue weighted by atomic mass is 16.5. The van der Waals surface area contributed by atoms with Crippen molar-refractivity contribution in [3.63, 3.8) is 0 Å². The van der Waals surface area contributed by atoms with E-state index in [1.54, 1.807) is 24.3 Å². The third-order valence-corrected chi connectivity index (χ3v) is 4.46. The Morgan fingerprint density at radius 2 is 1.81 bits per heavy atom. The van der Waals surface area contributed by atoms with E-state index in [1.165, 1.54) is 31.4 Å². The summed E-state index contributed by atoms with van der Waals surface area (Å²) in [5, 5.41) is 11.7. The van der Waals surface area contributed by atoms with E-state index in [4.69, 9.17) is 10.00 Å². The van der Waals surface area contributed by atoms with Crippen molar-refractivity contribution in [2.75, 3.05) is 29.9 Å². The predicted octanol–water partition coefficient (Wildman–Crippen LogP) is 3.96. The lowest BCUT2D eigenvalue weighted by Crippen LogP contribution is -2.24. The zero-order valence-electron chi connectivity index (χ0n) is 14.8. The maximum Gasteiger partial charge on any atom is 0.262 e. The van der Waals surface area contributed by atoms with Gasteiger partial charge in [-0.1, -0.05) is 18.9 Å². The van der Waals surface area contributed by atoms with E-state index < -0.39 is 0 Å². The molecule has 0 aromatic heterocycles. The minimum absolute atomic E-state index is 0.0945. The summed E-state index contributed by atoms with van der Waals surface area (Å²) >= 11 is 0. The van der Waals surface area contributed by atoms with Gasteiger partial charge in [0, 0.05) is 24.5 Å². The van der Waals surface area contributed by atoms with Crippen molar-refractivity contribution >= 4 is 17.3 Å². The van der Waals surface area contributed by atoms with E-state index in [0.717, 1.165) is 18.8 Å². The molecule has 0 radical (unpaired) electrons. The summed E-state index contributed by atoms with van der Waals surface area (Å²) in [4.78, 5) is 14.5. The first-order chi connectivity index (χ1) is 12.7. The third kappa shape index (κ3) is 5.00. The van der Waals surface area contributed by atoms with Crippen LogP contribution in [0.3, 0.4) is 0 Å². The van der Waals surface area contributed by atoms with Crippen molar-refractivity contribution in [3.05, 3.63) is 54.1 Å². The molecule has 0 bridgehead atoms. The molecule has 0 saturated carbocycles. The van der Waals surface area contributed by atoms with Crippen LogP contribution in [0.15, 0.2) is 48.5 Å². The van der Waals surface area contributed by atoms with E-state index in [0.29, 0.717) is 11.3 Å². The number of rotatable bonds is 5. The standard InChI is InChI=1S/C21H23N3O2/c22-15-17-6-5-7-20(14-17)26-16-21(25)23-18-8-10-19(11-9-18)24-12-3-1-2-4-13-24/h5-11,14H,1-4,12-13,16H2,(H,23,25). The van der Waals surface area contributed by atoms with E-state index in [1.807, 2.05) is 18.2 Å². The average molecular weight is 349 g/mol. The number of ether oxygens (including phenoxy) is 1. The van der Waals surface area contributed by atoms with Crippen LogP contribution < -0.4 is 15.0 Å². The molecule has 26 heavy (non-hydrogen) atoms. The van der Waals surface area contributed by atoms with Gasteiger partial charge in [-0.15, -0.1) is 0 Å². The normalized spacial score (nSPS) is 14.2. The number of anilines is 2. The highest BCUT2D eigenvalue weighted by Crippen LogP contribution is 2.21. The molecule has 2 aromatic carbocycles. The van der Waals surface area contributed by atoms with Gasteiger partial charge in [-0.05, 0) is 55.3 Å². The van der Waals surface area contributed by atoms with Crippen LogP contribution in [0.25, 0.3) is 0 Å². The quantitative estimate of drug-likeness (QED) is 0.887. The van der Waals surface area contributed by atoms with Gasteiger partial charge < -0.3 is 15.0 Å². The van der Waals surface area contributed by atoms with Crippen molar-refractivity contribution in [3.8, 4) is 11.8 Å². The second-order valence-electron chi connectivity index (χ2n) is 6.42. The van der Waals surface area contributed by atoms with Crippen LogP contribution in [0.1, 0.15) is 31.2 Å². The molecule has 3 rings (SSSR count). The summed E-state index contributed by atoms with van der Waals surface area (Å²) in [7, 11) is 0. The lowest BCUT2D eigenvalue weighted by molar-refractivity contribution is -0.118. The summed E-state index contributed by atoms with van der Waals surface area (Å²) in [6, 6.07) is 16.8. The average Bonchev–Trinajstić information content (AvgIpc) is 2.97. The number of nitriles is 1. The monoisotopic (exact) mass is 349 g/mol. The minimum Gasteiger partial charge on any atom is -0.484 e. The molecule has 0 aliphatic carbocycles. The van der Waals surface area contributed by atoms with Crippen LogP contribution >= 0.6 is 0 Å². The molecule has 1 fully saturated rings. The Hall–Kier alpha value is -3.00. The van der Waals surface area contributed by atoms with Crippen LogP contribution in [0.2, 0.25) is 0 Å². The first-order valence-electron chi connectivity index (χ1n) is 9.02. The molecule has 0 spiro atoms. The second kappa shape index (κ2) is 8.91. The Morgan fingerprint density at radius 1 is 1.08 bits per heavy atom. The summed E-state index contributed by atoms with van der Waals surface area (Å²) < 4.78 is 5.44. The van der Waals surface area contributed by atoms with Crippen molar-refractivity contribution in [2.45, 2.75) is 25.7 Å². The topological polar surface area (TPSA) is 65.4 Å². The molecule has 1 N–H and O–H groups in total. The van der Waals surface area contributed by atoms with Crippen LogP contribution in [-0.4, -0.2) is 25.6 Å². The molecule has 1 amide bonds. The van der Waals surface area contributed by atoms with Crippen LogP contribution in [0.5, 0.6) is 5.75 Å². The predicted molar refractivity (Wildman–Crippen MR) is 102 cm³/mol. The minimum atomic E-state index is -0.227. The summed E-state index contributed by atoms with van der Waals surface area (Å²) in [5.74, 6) is 0.283. The maximum atomic E-state index is 12.1. The number of carbonyl (C=O) groups is 1. The Bertz CT molecular complexity index is 773. The molecule has 1 heterocycles. The lowest BCUT2D eigenvalue weighted by Gasteiger charge is -2.22. The zero-order valence-corrected chi connectivity index (χ0v) is 14.8. The molecular formula is C21H23N3O2. The Balaban J connectivity index is 1.51. The molecule has 1 saturated heterocycles. The Morgan fingerprint density at radius 3 is 2.50 bits per heavy atom. The number of amides is 1. The van der Waals surface area contributed by atoms with Crippen molar-refractivity contribution in [1.82, 2.24) is 0 Å². The fourth-order valence-electron chi connectivity index (χ4n) is 3.09. The summed E-state index contributed by atoms with van der Waals surface area (Å²) in [6.07, 6.45) is 5.09. The fraction of sp³-hybridized carbons (Fsp3) is 0.333. The number of hydrogen-bond acceptors (Lipinski definition) is 4. The van der Waals surface area contributed by atoms with E-state index >= 15 is 0 Å². The Kier molecular flexibility index (Phi) is 6.10. The number of nitrogens with zero attached hydrogens (tertiary/aromatic N) is 2. The SMILES string of the molecule is N#Cc1cccc(OCC(=O)Nc2ccc(N3CCCCCC3)cc2)c1. The third-order valence-electron chi connectivity index (χ3n) is 4.46. The number of carbonyl (C=O) groups excluding carboxylic acids is 1. The van der Waals surface area contributed by atoms with Gasteiger partial charge in [0.15, 0.2) is 6.61 Å². The van der Waals surface area contributed by atoms with E-state index in [2.05, 4.69) is 22.3 Å². The number of hydrogen-bond donors (Lipinski definition) is 1. The first-order valence-corrected chi connectivity index (χ1v) is 9.02. The summed E-state index contributed by atoms with van der Waals surface area (Å²) in [5.41, 5.74) is 2.46. The zero-order chi connectivity index (χ0) is 18.2. The molecule has 1 aliphatic rings. The highest BCUT2D eigenvalue weighted by Gasteiger charge is 2.10. The van der Waals surface area contributed by atoms with Gasteiger partial charge in [0.1, 0.15) is 5.75 Å². The van der Waals surface area contributed by atoms with E-state index in [-0.39, 0.29) is 12.5 Å². The molecule has 5 nitrogen and oxygen atoms in total. The van der Waals surface area contributed by atoms with Gasteiger partial charge in [-0.2, -0.15) is 5.26 Å². The number of benzene rings is 2. The van der Waals surface area contributed by atoms with Crippen molar-refractivity contribution in [2.24, 2.45) is 0 Å². The Labute approximate surface area is 154 Å². The number of nitrogens with one attached hydrogen (secondary N) is 1. The largest absolute Gasteiger partial charge is 0.484 e. The molecule has 5 heteroatoms. The molecule has 1 aliphatic heterocycles. The van der Waals surface area contributed by atoms with Gasteiger partial charge in [0.2, 0.25) is 0 Å². The first kappa shape index (κ1) is 17.8. The second-order valence-corrected chi connectivity index (χ2v) is 6.42. The van der Waals surface area contributed by atoms with Gasteiger partial charge in [-0.3, -0.25) is 4.79 Å². The molecule has 0 atom stereocenters. The lowest BCUT2D eigenvalue weighted by atomic mass is 10.2. The van der Waals surface area contributed by atoms with Gasteiger partial charge in [0.25, 0.3) is 5.91 Å². The maximum absolute atomic E-state index is 12.1. The van der Waals surface area contributed by atoms with Gasteiger partial charge >= 0.3 is 0 Å². The highest BCUT2D eigenvalue weighted by molar-refractivity contribution is 5.92. The molecule has 134 valence electrons.